The predicted octanol–water partition coefficient (Wildman–Crippen LogP) is 1.51. The average molecular weight is 292 g/mol. The van der Waals surface area contributed by atoms with E-state index in [1.807, 2.05) is 18.2 Å². The zero-order valence-electron chi connectivity index (χ0n) is 11.9. The molecule has 1 aromatic carbocycles. The Bertz CT molecular complexity index is 500. The number of hydrogen-bond acceptors (Lipinski definition) is 5. The van der Waals surface area contributed by atoms with Gasteiger partial charge in [-0.25, -0.2) is 0 Å². The first-order chi connectivity index (χ1) is 10.3. The number of nitrogens with one attached hydrogen (secondary N) is 2. The van der Waals surface area contributed by atoms with Gasteiger partial charge in [-0.3, -0.25) is 4.79 Å². The van der Waals surface area contributed by atoms with E-state index in [0.29, 0.717) is 19.5 Å². The number of ether oxygens (including phenoxy) is 3. The van der Waals surface area contributed by atoms with Crippen LogP contribution in [-0.4, -0.2) is 38.5 Å². The van der Waals surface area contributed by atoms with Gasteiger partial charge in [-0.05, 0) is 25.0 Å². The van der Waals surface area contributed by atoms with Crippen molar-refractivity contribution in [3.63, 3.8) is 0 Å². The number of fused-ring (bicyclic) bond motifs is 1. The number of carbonyl (C=O) groups excluding carboxylic acids is 1. The molecule has 0 radical (unpaired) electrons. The molecular formula is C15H20N2O4. The van der Waals surface area contributed by atoms with Crippen molar-refractivity contribution in [3.8, 4) is 11.5 Å². The second-order valence-corrected chi connectivity index (χ2v) is 5.18. The molecule has 21 heavy (non-hydrogen) atoms. The first kappa shape index (κ1) is 14.0. The molecule has 114 valence electrons. The fraction of sp³-hybridized carbons (Fsp3) is 0.533. The molecule has 6 nitrogen and oxygen atoms in total. The zero-order chi connectivity index (χ0) is 14.5. The molecule has 2 aliphatic rings. The van der Waals surface area contributed by atoms with Crippen LogP contribution >= 0.6 is 0 Å². The van der Waals surface area contributed by atoms with E-state index in [9.17, 15) is 4.79 Å². The first-order valence-electron chi connectivity index (χ1n) is 7.33. The molecule has 1 unspecified atom stereocenters. The van der Waals surface area contributed by atoms with Crippen LogP contribution in [0.15, 0.2) is 18.2 Å². The Labute approximate surface area is 123 Å². The lowest BCUT2D eigenvalue weighted by molar-refractivity contribution is -0.121. The van der Waals surface area contributed by atoms with Crippen LogP contribution in [0.3, 0.4) is 0 Å². The van der Waals surface area contributed by atoms with Crippen LogP contribution in [0.2, 0.25) is 0 Å². The van der Waals surface area contributed by atoms with E-state index in [-0.39, 0.29) is 18.8 Å². The van der Waals surface area contributed by atoms with E-state index < -0.39 is 0 Å². The minimum absolute atomic E-state index is 0.0405. The summed E-state index contributed by atoms with van der Waals surface area (Å²) < 4.78 is 16.0. The van der Waals surface area contributed by atoms with Crippen molar-refractivity contribution in [1.29, 1.82) is 0 Å². The van der Waals surface area contributed by atoms with Crippen LogP contribution < -0.4 is 20.1 Å². The number of amides is 1. The lowest BCUT2D eigenvalue weighted by Crippen LogP contribution is -2.32. The quantitative estimate of drug-likeness (QED) is 0.832. The summed E-state index contributed by atoms with van der Waals surface area (Å²) in [4.78, 5) is 11.7. The van der Waals surface area contributed by atoms with Gasteiger partial charge in [0.2, 0.25) is 12.7 Å². The van der Waals surface area contributed by atoms with Crippen LogP contribution in [0.4, 0.5) is 5.69 Å². The molecule has 0 spiro atoms. The maximum Gasteiger partial charge on any atom is 0.231 e. The van der Waals surface area contributed by atoms with E-state index >= 15 is 0 Å². The van der Waals surface area contributed by atoms with E-state index in [0.717, 1.165) is 36.6 Å². The normalized spacial score (nSPS) is 19.5. The van der Waals surface area contributed by atoms with Crippen molar-refractivity contribution in [2.45, 2.75) is 25.4 Å². The van der Waals surface area contributed by atoms with Gasteiger partial charge < -0.3 is 24.8 Å². The summed E-state index contributed by atoms with van der Waals surface area (Å²) in [6.45, 7) is 2.27. The van der Waals surface area contributed by atoms with Gasteiger partial charge in [0.15, 0.2) is 11.5 Å². The molecule has 1 atom stereocenters. The topological polar surface area (TPSA) is 68.8 Å². The molecule has 6 heteroatoms. The molecule has 1 aromatic rings. The summed E-state index contributed by atoms with van der Waals surface area (Å²) in [6, 6.07) is 5.66. The second kappa shape index (κ2) is 6.67. The number of hydrogen-bond donors (Lipinski definition) is 2. The van der Waals surface area contributed by atoms with Crippen LogP contribution in [0, 0.1) is 0 Å². The van der Waals surface area contributed by atoms with E-state index in [1.54, 1.807) is 0 Å². The molecule has 1 amide bonds. The average Bonchev–Trinajstić information content (AvgIpc) is 3.16. The van der Waals surface area contributed by atoms with Crippen LogP contribution in [0.25, 0.3) is 0 Å². The minimum atomic E-state index is 0.0405. The zero-order valence-corrected chi connectivity index (χ0v) is 11.9. The van der Waals surface area contributed by atoms with Crippen LogP contribution in [-0.2, 0) is 9.53 Å². The van der Waals surface area contributed by atoms with Crippen molar-refractivity contribution in [2.24, 2.45) is 0 Å². The van der Waals surface area contributed by atoms with Gasteiger partial charge in [0.05, 0.1) is 6.10 Å². The van der Waals surface area contributed by atoms with Gasteiger partial charge in [0, 0.05) is 37.9 Å². The van der Waals surface area contributed by atoms with Gasteiger partial charge in [-0.2, -0.15) is 0 Å². The Hall–Kier alpha value is -1.95. The molecule has 0 aliphatic carbocycles. The lowest BCUT2D eigenvalue weighted by atomic mass is 10.2. The fourth-order valence-corrected chi connectivity index (χ4v) is 2.45. The third kappa shape index (κ3) is 3.78. The van der Waals surface area contributed by atoms with Crippen LogP contribution in [0.1, 0.15) is 19.3 Å². The van der Waals surface area contributed by atoms with Crippen molar-refractivity contribution < 1.29 is 19.0 Å². The van der Waals surface area contributed by atoms with Gasteiger partial charge in [-0.15, -0.1) is 0 Å². The molecule has 3 rings (SSSR count). The first-order valence-corrected chi connectivity index (χ1v) is 7.33. The summed E-state index contributed by atoms with van der Waals surface area (Å²) in [5.74, 6) is 1.54. The van der Waals surface area contributed by atoms with Crippen molar-refractivity contribution >= 4 is 11.6 Å². The number of benzene rings is 1. The number of anilines is 1. The fourth-order valence-electron chi connectivity index (χ4n) is 2.45. The molecule has 0 saturated carbocycles. The molecule has 1 fully saturated rings. The van der Waals surface area contributed by atoms with Crippen molar-refractivity contribution in [2.75, 3.05) is 31.8 Å². The Morgan fingerprint density at radius 3 is 3.05 bits per heavy atom. The van der Waals surface area contributed by atoms with E-state index in [4.69, 9.17) is 14.2 Å². The van der Waals surface area contributed by atoms with E-state index in [1.165, 1.54) is 0 Å². The summed E-state index contributed by atoms with van der Waals surface area (Å²) in [5.41, 5.74) is 0.922. The second-order valence-electron chi connectivity index (χ2n) is 5.18. The van der Waals surface area contributed by atoms with Crippen LogP contribution in [0.5, 0.6) is 11.5 Å². The smallest absolute Gasteiger partial charge is 0.231 e. The Kier molecular flexibility index (Phi) is 4.45. The number of carbonyl (C=O) groups is 1. The highest BCUT2D eigenvalue weighted by Crippen LogP contribution is 2.34. The maximum atomic E-state index is 11.7. The Balaban J connectivity index is 1.36. The van der Waals surface area contributed by atoms with Gasteiger partial charge >= 0.3 is 0 Å². The highest BCUT2D eigenvalue weighted by molar-refractivity contribution is 5.76. The molecule has 2 aliphatic heterocycles. The Morgan fingerprint density at radius 2 is 2.19 bits per heavy atom. The number of rotatable bonds is 6. The van der Waals surface area contributed by atoms with Crippen molar-refractivity contribution in [3.05, 3.63) is 18.2 Å². The molecule has 0 aromatic heterocycles. The molecule has 2 N–H and O–H groups in total. The largest absolute Gasteiger partial charge is 0.454 e. The molecule has 0 bridgehead atoms. The minimum Gasteiger partial charge on any atom is -0.454 e. The van der Waals surface area contributed by atoms with Crippen molar-refractivity contribution in [1.82, 2.24) is 5.32 Å². The maximum absolute atomic E-state index is 11.7. The molecule has 1 saturated heterocycles. The summed E-state index contributed by atoms with van der Waals surface area (Å²) in [6.07, 6.45) is 2.75. The predicted molar refractivity (Wildman–Crippen MR) is 77.7 cm³/mol. The highest BCUT2D eigenvalue weighted by Gasteiger charge is 2.16. The van der Waals surface area contributed by atoms with Gasteiger partial charge in [-0.1, -0.05) is 0 Å². The third-order valence-electron chi connectivity index (χ3n) is 3.60. The lowest BCUT2D eigenvalue weighted by Gasteiger charge is -2.11. The highest BCUT2D eigenvalue weighted by atomic mass is 16.7. The van der Waals surface area contributed by atoms with Gasteiger partial charge in [0.1, 0.15) is 0 Å². The monoisotopic (exact) mass is 292 g/mol. The third-order valence-corrected chi connectivity index (χ3v) is 3.60. The van der Waals surface area contributed by atoms with E-state index in [2.05, 4.69) is 10.6 Å². The summed E-state index contributed by atoms with van der Waals surface area (Å²) >= 11 is 0. The standard InChI is InChI=1S/C15H20N2O4/c18-15(17-9-12-2-1-7-19-12)5-6-16-11-3-4-13-14(8-11)21-10-20-13/h3-4,8,12,16H,1-2,5-7,9-10H2,(H,17,18). The molecule has 2 heterocycles. The summed E-state index contributed by atoms with van der Waals surface area (Å²) in [7, 11) is 0. The molecular weight excluding hydrogens is 272 g/mol. The Morgan fingerprint density at radius 1 is 1.29 bits per heavy atom. The van der Waals surface area contributed by atoms with Gasteiger partial charge in [0.25, 0.3) is 0 Å². The SMILES string of the molecule is O=C(CCNc1ccc2c(c1)OCO2)NCC1CCCO1. The summed E-state index contributed by atoms with van der Waals surface area (Å²) in [5, 5.41) is 6.11.